The number of para-hydroxylation sites is 4. The lowest BCUT2D eigenvalue weighted by Gasteiger charge is -2.22. The zero-order valence-corrected chi connectivity index (χ0v) is 21.6. The van der Waals surface area contributed by atoms with Crippen molar-refractivity contribution >= 4 is 28.4 Å². The Kier molecular flexibility index (Phi) is 7.36. The summed E-state index contributed by atoms with van der Waals surface area (Å²) in [6.45, 7) is 4.00. The van der Waals surface area contributed by atoms with Gasteiger partial charge in [-0.05, 0) is 71.9 Å². The van der Waals surface area contributed by atoms with Gasteiger partial charge in [-0.25, -0.2) is 4.98 Å². The predicted octanol–water partition coefficient (Wildman–Crippen LogP) is 8.80. The van der Waals surface area contributed by atoms with Crippen LogP contribution in [0, 0.1) is 0 Å². The number of rotatable bonds is 4. The molecule has 0 saturated heterocycles. The van der Waals surface area contributed by atoms with Crippen LogP contribution >= 0.6 is 0 Å². The van der Waals surface area contributed by atoms with Crippen molar-refractivity contribution in [2.24, 2.45) is 0 Å². The quantitative estimate of drug-likeness (QED) is 0.288. The standard InChI is InChI=1S/C31H26N2O2.C2H6/c1-33-26-15-6-8-17-28(26)35-30(33)21-19-24-13-9-12-23(31(24)22-10-3-2-4-11-22)18-20-29-32-25-14-5-7-16-27(25)34-29;1-2/h2-8,10-11,14-21H,9,12-13H2,1H3;1-2H3/b20-18+,24-19+,30-21-;. The lowest BCUT2D eigenvalue weighted by molar-refractivity contribution is 0.444. The van der Waals surface area contributed by atoms with Gasteiger partial charge in [0.15, 0.2) is 17.2 Å². The Morgan fingerprint density at radius 3 is 2.38 bits per heavy atom. The molecule has 0 atom stereocenters. The summed E-state index contributed by atoms with van der Waals surface area (Å²) in [5.41, 5.74) is 7.86. The summed E-state index contributed by atoms with van der Waals surface area (Å²) in [5.74, 6) is 2.35. The van der Waals surface area contributed by atoms with Crippen molar-refractivity contribution in [3.63, 3.8) is 0 Å². The van der Waals surface area contributed by atoms with Crippen molar-refractivity contribution in [3.05, 3.63) is 126 Å². The fourth-order valence-electron chi connectivity index (χ4n) is 4.81. The molecule has 0 N–H and O–H groups in total. The van der Waals surface area contributed by atoms with E-state index in [1.54, 1.807) is 0 Å². The molecule has 4 heteroatoms. The Morgan fingerprint density at radius 2 is 1.57 bits per heavy atom. The van der Waals surface area contributed by atoms with Gasteiger partial charge < -0.3 is 14.1 Å². The van der Waals surface area contributed by atoms with Gasteiger partial charge in [0, 0.05) is 13.1 Å². The SMILES string of the molecule is CC.CN1/C(=C/C=C2\CCCC(/C=C/c3nc4ccccc4o3)=C2c2ccccc2)Oc2ccccc21. The molecule has 4 aromatic rings. The third kappa shape index (κ3) is 5.14. The van der Waals surface area contributed by atoms with E-state index in [9.17, 15) is 0 Å². The van der Waals surface area contributed by atoms with Gasteiger partial charge in [-0.2, -0.15) is 0 Å². The zero-order chi connectivity index (χ0) is 25.6. The number of ether oxygens (including phenoxy) is 1. The first-order chi connectivity index (χ1) is 18.3. The summed E-state index contributed by atoms with van der Waals surface area (Å²) in [7, 11) is 2.04. The lowest BCUT2D eigenvalue weighted by Crippen LogP contribution is -2.13. The number of hydrogen-bond donors (Lipinski definition) is 0. The summed E-state index contributed by atoms with van der Waals surface area (Å²) in [4.78, 5) is 6.70. The number of anilines is 1. The minimum atomic E-state index is 0.628. The van der Waals surface area contributed by atoms with Gasteiger partial charge in [-0.3, -0.25) is 0 Å². The fraction of sp³-hybridized carbons (Fsp3) is 0.182. The first kappa shape index (κ1) is 24.4. The molecule has 0 unspecified atom stereocenters. The zero-order valence-electron chi connectivity index (χ0n) is 21.6. The Bertz CT molecular complexity index is 1470. The number of aromatic nitrogens is 1. The molecule has 1 aliphatic heterocycles. The molecule has 37 heavy (non-hydrogen) atoms. The molecule has 0 radical (unpaired) electrons. The van der Waals surface area contributed by atoms with E-state index in [2.05, 4.69) is 64.5 Å². The van der Waals surface area contributed by atoms with Gasteiger partial charge >= 0.3 is 0 Å². The largest absolute Gasteiger partial charge is 0.439 e. The van der Waals surface area contributed by atoms with Crippen LogP contribution in [0.2, 0.25) is 0 Å². The number of allylic oxidation sites excluding steroid dienone is 6. The van der Waals surface area contributed by atoms with Crippen molar-refractivity contribution in [1.29, 1.82) is 0 Å². The molecule has 0 amide bonds. The number of hydrogen-bond acceptors (Lipinski definition) is 4. The van der Waals surface area contributed by atoms with Gasteiger partial charge in [0.1, 0.15) is 5.52 Å². The molecule has 6 rings (SSSR count). The predicted molar refractivity (Wildman–Crippen MR) is 153 cm³/mol. The Labute approximate surface area is 218 Å². The van der Waals surface area contributed by atoms with E-state index < -0.39 is 0 Å². The average molecular weight is 489 g/mol. The maximum Gasteiger partial charge on any atom is 0.220 e. The van der Waals surface area contributed by atoms with Crippen LogP contribution in [0.5, 0.6) is 5.75 Å². The molecular weight excluding hydrogens is 456 g/mol. The van der Waals surface area contributed by atoms with Crippen LogP contribution in [-0.4, -0.2) is 12.0 Å². The second-order valence-electron chi connectivity index (χ2n) is 8.80. The van der Waals surface area contributed by atoms with Crippen LogP contribution in [0.4, 0.5) is 5.69 Å². The number of fused-ring (bicyclic) bond motifs is 2. The maximum atomic E-state index is 6.10. The molecule has 2 heterocycles. The summed E-state index contributed by atoms with van der Waals surface area (Å²) in [6.07, 6.45) is 11.6. The summed E-state index contributed by atoms with van der Waals surface area (Å²) in [6, 6.07) is 26.6. The van der Waals surface area contributed by atoms with Gasteiger partial charge in [0.25, 0.3) is 0 Å². The van der Waals surface area contributed by atoms with Crippen molar-refractivity contribution in [2.75, 3.05) is 11.9 Å². The highest BCUT2D eigenvalue weighted by Crippen LogP contribution is 2.40. The highest BCUT2D eigenvalue weighted by molar-refractivity contribution is 5.85. The topological polar surface area (TPSA) is 38.5 Å². The molecule has 1 aromatic heterocycles. The second-order valence-corrected chi connectivity index (χ2v) is 8.80. The highest BCUT2D eigenvalue weighted by Gasteiger charge is 2.22. The monoisotopic (exact) mass is 488 g/mol. The highest BCUT2D eigenvalue weighted by atomic mass is 16.5. The maximum absolute atomic E-state index is 6.10. The molecule has 0 saturated carbocycles. The normalized spacial score (nSPS) is 17.3. The van der Waals surface area contributed by atoms with Crippen LogP contribution in [0.1, 0.15) is 44.6 Å². The van der Waals surface area contributed by atoms with Gasteiger partial charge in [0.2, 0.25) is 5.89 Å². The molecule has 2 aliphatic rings. The first-order valence-electron chi connectivity index (χ1n) is 13.0. The third-order valence-corrected chi connectivity index (χ3v) is 6.53. The first-order valence-corrected chi connectivity index (χ1v) is 13.0. The molecule has 4 nitrogen and oxygen atoms in total. The van der Waals surface area contributed by atoms with Crippen molar-refractivity contribution < 1.29 is 9.15 Å². The molecular formula is C33H32N2O2. The molecule has 1 aliphatic carbocycles. The molecule has 186 valence electrons. The molecule has 0 spiro atoms. The average Bonchev–Trinajstić information content (AvgIpc) is 3.52. The lowest BCUT2D eigenvalue weighted by atomic mass is 9.83. The molecule has 3 aromatic carbocycles. The Morgan fingerprint density at radius 1 is 0.811 bits per heavy atom. The van der Waals surface area contributed by atoms with Crippen molar-refractivity contribution in [3.8, 4) is 5.75 Å². The minimum Gasteiger partial charge on any atom is -0.439 e. The Hall–Kier alpha value is -4.31. The number of benzene rings is 3. The van der Waals surface area contributed by atoms with E-state index >= 15 is 0 Å². The van der Waals surface area contributed by atoms with Gasteiger partial charge in [-0.1, -0.05) is 80.6 Å². The van der Waals surface area contributed by atoms with Crippen molar-refractivity contribution in [1.82, 2.24) is 4.98 Å². The van der Waals surface area contributed by atoms with Crippen molar-refractivity contribution in [2.45, 2.75) is 33.1 Å². The number of nitrogens with zero attached hydrogens (tertiary/aromatic N) is 2. The van der Waals surface area contributed by atoms with Crippen LogP contribution in [0.3, 0.4) is 0 Å². The van der Waals surface area contributed by atoms with E-state index in [-0.39, 0.29) is 0 Å². The molecule has 0 fully saturated rings. The van der Waals surface area contributed by atoms with Crippen LogP contribution in [0.15, 0.2) is 119 Å². The van der Waals surface area contributed by atoms with E-state index in [1.165, 1.54) is 22.3 Å². The van der Waals surface area contributed by atoms with Gasteiger partial charge in [0.05, 0.1) is 5.69 Å². The van der Waals surface area contributed by atoms with E-state index in [0.29, 0.717) is 5.89 Å². The second kappa shape index (κ2) is 11.2. The van der Waals surface area contributed by atoms with Crippen LogP contribution in [-0.2, 0) is 0 Å². The van der Waals surface area contributed by atoms with E-state index in [4.69, 9.17) is 9.15 Å². The Balaban J connectivity index is 0.00000137. The third-order valence-electron chi connectivity index (χ3n) is 6.53. The number of oxazole rings is 1. The van der Waals surface area contributed by atoms with E-state index in [0.717, 1.165) is 47.7 Å². The summed E-state index contributed by atoms with van der Waals surface area (Å²) in [5, 5.41) is 0. The van der Waals surface area contributed by atoms with Gasteiger partial charge in [-0.15, -0.1) is 0 Å². The van der Waals surface area contributed by atoms with Crippen LogP contribution in [0.25, 0.3) is 22.7 Å². The van der Waals surface area contributed by atoms with Crippen LogP contribution < -0.4 is 9.64 Å². The van der Waals surface area contributed by atoms with E-state index in [1.807, 2.05) is 69.4 Å². The summed E-state index contributed by atoms with van der Waals surface area (Å²) >= 11 is 0. The fourth-order valence-corrected chi connectivity index (χ4v) is 4.81. The smallest absolute Gasteiger partial charge is 0.220 e. The minimum absolute atomic E-state index is 0.628. The molecule has 0 bridgehead atoms. The summed E-state index contributed by atoms with van der Waals surface area (Å²) < 4.78 is 12.0.